The van der Waals surface area contributed by atoms with E-state index in [-0.39, 0.29) is 11.9 Å². The maximum Gasteiger partial charge on any atom is 0.226 e. The lowest BCUT2D eigenvalue weighted by atomic mass is 10.1. The first-order valence-corrected chi connectivity index (χ1v) is 7.93. The number of nitrogens with zero attached hydrogens (tertiary/aromatic N) is 1. The summed E-state index contributed by atoms with van der Waals surface area (Å²) in [6.07, 6.45) is 5.07. The first kappa shape index (κ1) is 14.5. The monoisotopic (exact) mass is 281 g/mol. The molecule has 0 spiro atoms. The van der Waals surface area contributed by atoms with Gasteiger partial charge in [0.15, 0.2) is 0 Å². The highest BCUT2D eigenvalue weighted by Crippen LogP contribution is 2.23. The summed E-state index contributed by atoms with van der Waals surface area (Å²) in [4.78, 5) is 16.4. The molecule has 0 saturated heterocycles. The Morgan fingerprint density at radius 2 is 2.21 bits per heavy atom. The highest BCUT2D eigenvalue weighted by atomic mass is 32.1. The largest absolute Gasteiger partial charge is 0.353 e. The molecule has 0 aliphatic heterocycles. The van der Waals surface area contributed by atoms with Crippen molar-refractivity contribution in [2.45, 2.75) is 58.0 Å². The van der Waals surface area contributed by atoms with Crippen molar-refractivity contribution in [2.24, 2.45) is 11.7 Å². The molecule has 2 rings (SSSR count). The van der Waals surface area contributed by atoms with E-state index in [0.717, 1.165) is 23.5 Å². The van der Waals surface area contributed by atoms with Crippen molar-refractivity contribution in [3.8, 4) is 0 Å². The predicted molar refractivity (Wildman–Crippen MR) is 78.0 cm³/mol. The molecule has 0 radical (unpaired) electrons. The molecule has 106 valence electrons. The number of hydrogen-bond acceptors (Lipinski definition) is 4. The lowest BCUT2D eigenvalue weighted by Gasteiger charge is -2.12. The highest BCUT2D eigenvalue weighted by molar-refractivity contribution is 7.09. The molecule has 1 aliphatic rings. The third-order valence-electron chi connectivity index (χ3n) is 3.63. The molecule has 0 bridgehead atoms. The molecule has 1 amide bonds. The molecule has 1 aliphatic carbocycles. The third-order valence-corrected chi connectivity index (χ3v) is 4.63. The Kier molecular flexibility index (Phi) is 4.93. The molecule has 1 aromatic heterocycles. The van der Waals surface area contributed by atoms with Gasteiger partial charge in [0.25, 0.3) is 0 Å². The minimum atomic E-state index is -0.0309. The zero-order valence-electron chi connectivity index (χ0n) is 11.7. The second-order valence-electron chi connectivity index (χ2n) is 5.67. The van der Waals surface area contributed by atoms with Crippen LogP contribution in [0.1, 0.15) is 56.3 Å². The molecular formula is C14H23N3OS. The van der Waals surface area contributed by atoms with Crippen molar-refractivity contribution in [2.75, 3.05) is 0 Å². The van der Waals surface area contributed by atoms with Gasteiger partial charge in [-0.25, -0.2) is 4.98 Å². The number of amides is 1. The van der Waals surface area contributed by atoms with E-state index in [2.05, 4.69) is 24.1 Å². The van der Waals surface area contributed by atoms with Crippen LogP contribution in [0.5, 0.6) is 0 Å². The van der Waals surface area contributed by atoms with Gasteiger partial charge in [-0.05, 0) is 18.8 Å². The normalized spacial score (nSPS) is 17.9. The van der Waals surface area contributed by atoms with Crippen LogP contribution in [-0.2, 0) is 11.2 Å². The van der Waals surface area contributed by atoms with Crippen LogP contribution in [0.4, 0.5) is 0 Å². The minimum Gasteiger partial charge on any atom is -0.353 e. The zero-order chi connectivity index (χ0) is 13.8. The summed E-state index contributed by atoms with van der Waals surface area (Å²) in [5, 5.41) is 5.96. The Balaban J connectivity index is 1.86. The second kappa shape index (κ2) is 6.48. The Morgan fingerprint density at radius 1 is 1.53 bits per heavy atom. The highest BCUT2D eigenvalue weighted by Gasteiger charge is 2.19. The van der Waals surface area contributed by atoms with E-state index >= 15 is 0 Å². The van der Waals surface area contributed by atoms with Gasteiger partial charge in [0, 0.05) is 11.4 Å². The fourth-order valence-electron chi connectivity index (χ4n) is 2.36. The summed E-state index contributed by atoms with van der Waals surface area (Å²) in [6, 6.07) is 0.347. The molecule has 1 fully saturated rings. The number of nitrogens with one attached hydrogen (secondary N) is 1. The summed E-state index contributed by atoms with van der Waals surface area (Å²) in [6.45, 7) is 4.16. The van der Waals surface area contributed by atoms with Crippen LogP contribution in [0.15, 0.2) is 5.38 Å². The first-order chi connectivity index (χ1) is 9.06. The molecular weight excluding hydrogens is 258 g/mol. The summed E-state index contributed by atoms with van der Waals surface area (Å²) < 4.78 is 0. The number of nitrogens with two attached hydrogens (primary N) is 1. The number of hydrogen-bond donors (Lipinski definition) is 2. The SMILES string of the molecule is CC(C)C(N)c1nc(CC(=O)NC2CCCC2)cs1. The second-order valence-corrected chi connectivity index (χ2v) is 6.56. The van der Waals surface area contributed by atoms with Gasteiger partial charge in [0.2, 0.25) is 5.91 Å². The predicted octanol–water partition coefficient (Wildman–Crippen LogP) is 2.40. The number of aromatic nitrogens is 1. The molecule has 3 N–H and O–H groups in total. The molecule has 5 heteroatoms. The molecule has 1 aromatic rings. The van der Waals surface area contributed by atoms with Crippen LogP contribution >= 0.6 is 11.3 Å². The van der Waals surface area contributed by atoms with Gasteiger partial charge >= 0.3 is 0 Å². The van der Waals surface area contributed by atoms with Gasteiger partial charge in [0.1, 0.15) is 5.01 Å². The van der Waals surface area contributed by atoms with Crippen LogP contribution in [0, 0.1) is 5.92 Å². The molecule has 1 saturated carbocycles. The summed E-state index contributed by atoms with van der Waals surface area (Å²) in [7, 11) is 0. The summed E-state index contributed by atoms with van der Waals surface area (Å²) in [5.41, 5.74) is 6.90. The van der Waals surface area contributed by atoms with Gasteiger partial charge in [0.05, 0.1) is 18.2 Å². The van der Waals surface area contributed by atoms with Crippen LogP contribution < -0.4 is 11.1 Å². The Morgan fingerprint density at radius 3 is 2.84 bits per heavy atom. The minimum absolute atomic E-state index is 0.0309. The van der Waals surface area contributed by atoms with Gasteiger partial charge < -0.3 is 11.1 Å². The Hall–Kier alpha value is -0.940. The quantitative estimate of drug-likeness (QED) is 0.871. The van der Waals surface area contributed by atoms with E-state index in [1.165, 1.54) is 12.8 Å². The standard InChI is InChI=1S/C14H23N3OS/c1-9(2)13(15)14-17-11(8-19-14)7-12(18)16-10-5-3-4-6-10/h8-10,13H,3-7,15H2,1-2H3,(H,16,18). The van der Waals surface area contributed by atoms with Gasteiger partial charge in [-0.3, -0.25) is 4.79 Å². The number of thiazole rings is 1. The van der Waals surface area contributed by atoms with Gasteiger partial charge in [-0.15, -0.1) is 11.3 Å². The Labute approximate surface area is 118 Å². The summed E-state index contributed by atoms with van der Waals surface area (Å²) >= 11 is 1.55. The molecule has 1 unspecified atom stereocenters. The van der Waals surface area contributed by atoms with Gasteiger partial charge in [-0.2, -0.15) is 0 Å². The van der Waals surface area contributed by atoms with Crippen molar-refractivity contribution in [3.05, 3.63) is 16.1 Å². The van der Waals surface area contributed by atoms with E-state index < -0.39 is 0 Å². The van der Waals surface area contributed by atoms with Crippen molar-refractivity contribution < 1.29 is 4.79 Å². The van der Waals surface area contributed by atoms with Crippen LogP contribution in [0.25, 0.3) is 0 Å². The average molecular weight is 281 g/mol. The number of carbonyl (C=O) groups is 1. The van der Waals surface area contributed by atoms with Gasteiger partial charge in [-0.1, -0.05) is 26.7 Å². The maximum absolute atomic E-state index is 11.9. The van der Waals surface area contributed by atoms with Crippen molar-refractivity contribution in [1.82, 2.24) is 10.3 Å². The van der Waals surface area contributed by atoms with Crippen molar-refractivity contribution >= 4 is 17.2 Å². The van der Waals surface area contributed by atoms with Crippen molar-refractivity contribution in [1.29, 1.82) is 0 Å². The van der Waals surface area contributed by atoms with E-state index in [1.54, 1.807) is 11.3 Å². The smallest absolute Gasteiger partial charge is 0.226 e. The van der Waals surface area contributed by atoms with E-state index in [9.17, 15) is 4.79 Å². The molecule has 1 atom stereocenters. The maximum atomic E-state index is 11.9. The van der Waals surface area contributed by atoms with E-state index in [4.69, 9.17) is 5.73 Å². The molecule has 19 heavy (non-hydrogen) atoms. The van der Waals surface area contributed by atoms with E-state index in [0.29, 0.717) is 18.4 Å². The zero-order valence-corrected chi connectivity index (χ0v) is 12.5. The Bertz CT molecular complexity index is 424. The summed E-state index contributed by atoms with van der Waals surface area (Å²) in [5.74, 6) is 0.452. The third kappa shape index (κ3) is 4.01. The first-order valence-electron chi connectivity index (χ1n) is 7.05. The number of carbonyl (C=O) groups excluding carboxylic acids is 1. The van der Waals surface area contributed by atoms with Crippen LogP contribution in [0.2, 0.25) is 0 Å². The lowest BCUT2D eigenvalue weighted by molar-refractivity contribution is -0.121. The van der Waals surface area contributed by atoms with Crippen molar-refractivity contribution in [3.63, 3.8) is 0 Å². The topological polar surface area (TPSA) is 68.0 Å². The average Bonchev–Trinajstić information content (AvgIpc) is 2.99. The molecule has 1 heterocycles. The van der Waals surface area contributed by atoms with Crippen LogP contribution in [-0.4, -0.2) is 16.9 Å². The van der Waals surface area contributed by atoms with Crippen LogP contribution in [0.3, 0.4) is 0 Å². The fourth-order valence-corrected chi connectivity index (χ4v) is 3.35. The molecule has 0 aromatic carbocycles. The molecule has 4 nitrogen and oxygen atoms in total. The fraction of sp³-hybridized carbons (Fsp3) is 0.714. The van der Waals surface area contributed by atoms with E-state index in [1.807, 2.05) is 5.38 Å². The number of rotatable bonds is 5. The lowest BCUT2D eigenvalue weighted by Crippen LogP contribution is -2.33.